The van der Waals surface area contributed by atoms with E-state index in [1.807, 2.05) is 39.8 Å². The maximum absolute atomic E-state index is 13.1. The molecule has 0 fully saturated rings. The van der Waals surface area contributed by atoms with Gasteiger partial charge in [-0.05, 0) is 35.4 Å². The lowest BCUT2D eigenvalue weighted by Crippen LogP contribution is -2.54. The summed E-state index contributed by atoms with van der Waals surface area (Å²) in [6.07, 6.45) is 0.368. The van der Waals surface area contributed by atoms with Crippen LogP contribution in [0.25, 0.3) is 0 Å². The van der Waals surface area contributed by atoms with Gasteiger partial charge in [0, 0.05) is 18.5 Å². The molecule has 1 aromatic rings. The Labute approximate surface area is 171 Å². The van der Waals surface area contributed by atoms with Crippen LogP contribution in [0, 0.1) is 11.3 Å². The Bertz CT molecular complexity index is 686. The van der Waals surface area contributed by atoms with Crippen LogP contribution >= 0.6 is 11.6 Å². The van der Waals surface area contributed by atoms with Crippen LogP contribution in [0.3, 0.4) is 0 Å². The van der Waals surface area contributed by atoms with Gasteiger partial charge in [-0.15, -0.1) is 0 Å². The summed E-state index contributed by atoms with van der Waals surface area (Å²) in [5.41, 5.74) is 1.91. The van der Waals surface area contributed by atoms with Gasteiger partial charge in [0.1, 0.15) is 6.04 Å². The Morgan fingerprint density at radius 2 is 1.68 bits per heavy atom. The van der Waals surface area contributed by atoms with Crippen molar-refractivity contribution >= 4 is 29.3 Å². The van der Waals surface area contributed by atoms with Gasteiger partial charge in [-0.3, -0.25) is 19.6 Å². The van der Waals surface area contributed by atoms with Crippen molar-refractivity contribution in [2.45, 2.75) is 52.5 Å². The third kappa shape index (κ3) is 6.49. The number of amides is 3. The van der Waals surface area contributed by atoms with Crippen LogP contribution in [-0.2, 0) is 14.4 Å². The Kier molecular flexibility index (Phi) is 8.91. The number of rotatable bonds is 8. The van der Waals surface area contributed by atoms with Gasteiger partial charge in [0.05, 0.1) is 5.92 Å². The summed E-state index contributed by atoms with van der Waals surface area (Å²) >= 11 is 5.96. The Morgan fingerprint density at radius 1 is 1.11 bits per heavy atom. The number of likely N-dealkylation sites (N-methyl/N-ethyl adjacent to an activating group) is 1. The summed E-state index contributed by atoms with van der Waals surface area (Å²) < 4.78 is 0. The van der Waals surface area contributed by atoms with E-state index in [4.69, 9.17) is 16.8 Å². The molecule has 0 bridgehead atoms. The molecule has 0 heterocycles. The Morgan fingerprint density at radius 3 is 2.11 bits per heavy atom. The standard InChI is InChI=1S/C20H30ClN3O4/c1-6-14(12-7-9-13(21)10-8-12)15(11-16(25)24-28)18(26)23-17(19(27)22-5)20(2,3)4/h7-10,14-15,17,28H,6,11H2,1-5H3,(H,22,27)(H,23,26)(H,24,25)/t14-,15?,17?/m0/s1. The zero-order chi connectivity index (χ0) is 21.5. The molecule has 3 atom stereocenters. The summed E-state index contributed by atoms with van der Waals surface area (Å²) in [4.78, 5) is 37.3. The minimum Gasteiger partial charge on any atom is -0.357 e. The molecule has 1 aromatic carbocycles. The molecule has 2 unspecified atom stereocenters. The zero-order valence-corrected chi connectivity index (χ0v) is 17.8. The predicted molar refractivity (Wildman–Crippen MR) is 108 cm³/mol. The smallest absolute Gasteiger partial charge is 0.244 e. The normalized spacial score (nSPS) is 14.5. The van der Waals surface area contributed by atoms with Crippen LogP contribution in [0.15, 0.2) is 24.3 Å². The van der Waals surface area contributed by atoms with Gasteiger partial charge in [-0.2, -0.15) is 0 Å². The molecular formula is C20H30ClN3O4. The second-order valence-corrected chi connectivity index (χ2v) is 8.27. The number of halogens is 1. The molecule has 1 rings (SSSR count). The molecule has 0 aliphatic carbocycles. The van der Waals surface area contributed by atoms with Gasteiger partial charge in [0.15, 0.2) is 0 Å². The Hall–Kier alpha value is -2.12. The molecule has 156 valence electrons. The number of hydrogen-bond donors (Lipinski definition) is 4. The first-order valence-corrected chi connectivity index (χ1v) is 9.63. The lowest BCUT2D eigenvalue weighted by Gasteiger charge is -2.33. The molecule has 0 aromatic heterocycles. The highest BCUT2D eigenvalue weighted by Gasteiger charge is 2.37. The number of nitrogens with one attached hydrogen (secondary N) is 3. The summed E-state index contributed by atoms with van der Waals surface area (Å²) in [6.45, 7) is 7.45. The fourth-order valence-corrected chi connectivity index (χ4v) is 3.32. The molecular weight excluding hydrogens is 382 g/mol. The summed E-state index contributed by atoms with van der Waals surface area (Å²) in [5.74, 6) is -2.47. The van der Waals surface area contributed by atoms with E-state index in [0.717, 1.165) is 5.56 Å². The highest BCUT2D eigenvalue weighted by molar-refractivity contribution is 6.30. The van der Waals surface area contributed by atoms with E-state index >= 15 is 0 Å². The van der Waals surface area contributed by atoms with Crippen LogP contribution in [0.2, 0.25) is 5.02 Å². The van der Waals surface area contributed by atoms with Gasteiger partial charge in [0.25, 0.3) is 0 Å². The quantitative estimate of drug-likeness (QED) is 0.389. The van der Waals surface area contributed by atoms with Crippen LogP contribution in [0.5, 0.6) is 0 Å². The zero-order valence-electron chi connectivity index (χ0n) is 17.0. The van der Waals surface area contributed by atoms with E-state index in [2.05, 4.69) is 10.6 Å². The van der Waals surface area contributed by atoms with Gasteiger partial charge < -0.3 is 10.6 Å². The van der Waals surface area contributed by atoms with Crippen molar-refractivity contribution in [3.05, 3.63) is 34.9 Å². The Balaban J connectivity index is 3.23. The van der Waals surface area contributed by atoms with Crippen molar-refractivity contribution in [2.24, 2.45) is 11.3 Å². The molecule has 0 aliphatic rings. The van der Waals surface area contributed by atoms with E-state index in [-0.39, 0.29) is 18.2 Å². The lowest BCUT2D eigenvalue weighted by atomic mass is 9.80. The molecule has 0 aliphatic heterocycles. The summed E-state index contributed by atoms with van der Waals surface area (Å²) in [7, 11) is 1.51. The molecule has 0 saturated carbocycles. The van der Waals surface area contributed by atoms with Gasteiger partial charge >= 0.3 is 0 Å². The second-order valence-electron chi connectivity index (χ2n) is 7.83. The van der Waals surface area contributed by atoms with E-state index in [0.29, 0.717) is 11.4 Å². The van der Waals surface area contributed by atoms with E-state index in [9.17, 15) is 14.4 Å². The first kappa shape index (κ1) is 23.9. The molecule has 7 nitrogen and oxygen atoms in total. The third-order valence-corrected chi connectivity index (χ3v) is 5.00. The first-order chi connectivity index (χ1) is 13.0. The molecule has 0 spiro atoms. The minimum absolute atomic E-state index is 0.214. The minimum atomic E-state index is -0.771. The number of hydrogen-bond acceptors (Lipinski definition) is 4. The number of hydroxylamine groups is 1. The van der Waals surface area contributed by atoms with Crippen LogP contribution in [0.4, 0.5) is 0 Å². The SMILES string of the molecule is CC[C@@H](c1ccc(Cl)cc1)C(CC(=O)NO)C(=O)NC(C(=O)NC)C(C)(C)C. The van der Waals surface area contributed by atoms with E-state index < -0.39 is 29.2 Å². The highest BCUT2D eigenvalue weighted by Crippen LogP contribution is 2.32. The van der Waals surface area contributed by atoms with Crippen LogP contribution in [-0.4, -0.2) is 36.0 Å². The molecule has 8 heteroatoms. The van der Waals surface area contributed by atoms with Crippen molar-refractivity contribution in [2.75, 3.05) is 7.05 Å². The van der Waals surface area contributed by atoms with Gasteiger partial charge in [0.2, 0.25) is 17.7 Å². The summed E-state index contributed by atoms with van der Waals surface area (Å²) in [5, 5.41) is 14.9. The largest absolute Gasteiger partial charge is 0.357 e. The molecule has 0 saturated heterocycles. The lowest BCUT2D eigenvalue weighted by molar-refractivity contribution is -0.137. The van der Waals surface area contributed by atoms with Crippen molar-refractivity contribution in [3.63, 3.8) is 0 Å². The van der Waals surface area contributed by atoms with Gasteiger partial charge in [-0.1, -0.05) is 51.4 Å². The van der Waals surface area contributed by atoms with Crippen molar-refractivity contribution < 1.29 is 19.6 Å². The monoisotopic (exact) mass is 411 g/mol. The number of carbonyl (C=O) groups is 3. The fourth-order valence-electron chi connectivity index (χ4n) is 3.19. The highest BCUT2D eigenvalue weighted by atomic mass is 35.5. The van der Waals surface area contributed by atoms with Crippen LogP contribution < -0.4 is 16.1 Å². The maximum Gasteiger partial charge on any atom is 0.244 e. The van der Waals surface area contributed by atoms with Crippen molar-refractivity contribution in [1.29, 1.82) is 0 Å². The molecule has 4 N–H and O–H groups in total. The first-order valence-electron chi connectivity index (χ1n) is 9.25. The molecule has 28 heavy (non-hydrogen) atoms. The van der Waals surface area contributed by atoms with Gasteiger partial charge in [-0.25, -0.2) is 5.48 Å². The number of carbonyl (C=O) groups excluding carboxylic acids is 3. The molecule has 3 amide bonds. The van der Waals surface area contributed by atoms with E-state index in [1.165, 1.54) is 7.05 Å². The van der Waals surface area contributed by atoms with E-state index in [1.54, 1.807) is 17.6 Å². The average Bonchev–Trinajstić information content (AvgIpc) is 2.65. The third-order valence-electron chi connectivity index (χ3n) is 4.75. The molecule has 0 radical (unpaired) electrons. The predicted octanol–water partition coefficient (Wildman–Crippen LogP) is 2.62. The van der Waals surface area contributed by atoms with Crippen molar-refractivity contribution in [1.82, 2.24) is 16.1 Å². The average molecular weight is 412 g/mol. The summed E-state index contributed by atoms with van der Waals surface area (Å²) in [6, 6.07) is 6.31. The van der Waals surface area contributed by atoms with Crippen LogP contribution in [0.1, 0.15) is 52.0 Å². The topological polar surface area (TPSA) is 108 Å². The fraction of sp³-hybridized carbons (Fsp3) is 0.550. The maximum atomic E-state index is 13.1. The van der Waals surface area contributed by atoms with Crippen molar-refractivity contribution in [3.8, 4) is 0 Å². The number of benzene rings is 1. The second kappa shape index (κ2) is 10.4.